The Labute approximate surface area is 146 Å². The Morgan fingerprint density at radius 1 is 1.17 bits per heavy atom. The van der Waals surface area contributed by atoms with Gasteiger partial charge in [-0.1, -0.05) is 26.8 Å². The van der Waals surface area contributed by atoms with Crippen LogP contribution in [0.2, 0.25) is 0 Å². The fraction of sp³-hybridized carbons (Fsp3) is 0.727. The molecule has 2 fully saturated rings. The van der Waals surface area contributed by atoms with Gasteiger partial charge < -0.3 is 10.2 Å². The molecule has 0 spiro atoms. The van der Waals surface area contributed by atoms with Gasteiger partial charge in [-0.05, 0) is 96.8 Å². The topological polar surface area (TPSA) is 40.5 Å². The number of hydrogen-bond donors (Lipinski definition) is 2. The first-order valence-corrected chi connectivity index (χ1v) is 9.93. The molecular weight excluding hydrogens is 296 g/mol. The van der Waals surface area contributed by atoms with Crippen molar-refractivity contribution in [1.29, 1.82) is 0 Å². The summed E-state index contributed by atoms with van der Waals surface area (Å²) >= 11 is 0. The van der Waals surface area contributed by atoms with E-state index in [1.807, 2.05) is 0 Å². The van der Waals surface area contributed by atoms with Crippen LogP contribution in [-0.4, -0.2) is 16.3 Å². The van der Waals surface area contributed by atoms with Crippen LogP contribution in [0, 0.1) is 23.2 Å². The van der Waals surface area contributed by atoms with Crippen LogP contribution < -0.4 is 0 Å². The second kappa shape index (κ2) is 5.76. The van der Waals surface area contributed by atoms with Crippen molar-refractivity contribution in [3.05, 3.63) is 28.8 Å². The maximum Gasteiger partial charge on any atom is 0.119 e. The highest BCUT2D eigenvalue weighted by Crippen LogP contribution is 2.61. The molecule has 4 rings (SSSR count). The molecule has 132 valence electrons. The molecule has 0 amide bonds. The number of aliphatic hydroxyl groups is 1. The number of phenols is 1. The van der Waals surface area contributed by atoms with Crippen molar-refractivity contribution in [3.63, 3.8) is 0 Å². The van der Waals surface area contributed by atoms with Crippen LogP contribution in [-0.2, 0) is 12.8 Å². The summed E-state index contributed by atoms with van der Waals surface area (Å²) in [5.74, 6) is 3.11. The smallest absolute Gasteiger partial charge is 0.119 e. The summed E-state index contributed by atoms with van der Waals surface area (Å²) in [4.78, 5) is 0. The van der Waals surface area contributed by atoms with Crippen LogP contribution in [0.15, 0.2) is 12.1 Å². The molecule has 1 aromatic carbocycles. The summed E-state index contributed by atoms with van der Waals surface area (Å²) in [5, 5.41) is 20.9. The number of aryl methyl sites for hydroxylation is 1. The average molecular weight is 328 g/mol. The zero-order valence-electron chi connectivity index (χ0n) is 15.4. The van der Waals surface area contributed by atoms with E-state index < -0.39 is 0 Å². The van der Waals surface area contributed by atoms with E-state index in [-0.39, 0.29) is 11.5 Å². The lowest BCUT2D eigenvalue weighted by Crippen LogP contribution is -2.43. The van der Waals surface area contributed by atoms with Crippen LogP contribution in [0.3, 0.4) is 0 Å². The standard InChI is InChI=1S/C22H32O2/c1-13(2)10-15-11-18-14(12-20(15)23)4-5-17-16(18)8-9-22(3)19(17)6-7-21(22)24/h11-13,16-17,19,21,23-24H,4-10H2,1-3H3/t16?,17?,19?,21-,22-/m0/s1. The van der Waals surface area contributed by atoms with Crippen LogP contribution >= 0.6 is 0 Å². The molecule has 0 aromatic heterocycles. The fourth-order valence-corrected chi connectivity index (χ4v) is 6.23. The third-order valence-corrected chi connectivity index (χ3v) is 7.50. The molecule has 0 saturated heterocycles. The highest BCUT2D eigenvalue weighted by atomic mass is 16.3. The number of fused-ring (bicyclic) bond motifs is 5. The fourth-order valence-electron chi connectivity index (χ4n) is 6.23. The van der Waals surface area contributed by atoms with Gasteiger partial charge in [0.1, 0.15) is 5.75 Å². The number of benzene rings is 1. The molecule has 0 aliphatic heterocycles. The largest absolute Gasteiger partial charge is 0.508 e. The number of phenolic OH excluding ortho intramolecular Hbond substituents is 1. The number of rotatable bonds is 2. The quantitative estimate of drug-likeness (QED) is 0.818. The molecular formula is C22H32O2. The summed E-state index contributed by atoms with van der Waals surface area (Å²) in [6.45, 7) is 6.77. The van der Waals surface area contributed by atoms with Gasteiger partial charge in [0.05, 0.1) is 6.10 Å². The van der Waals surface area contributed by atoms with Crippen molar-refractivity contribution < 1.29 is 10.2 Å². The van der Waals surface area contributed by atoms with E-state index in [2.05, 4.69) is 32.9 Å². The zero-order valence-corrected chi connectivity index (χ0v) is 15.4. The van der Waals surface area contributed by atoms with Crippen molar-refractivity contribution in [1.82, 2.24) is 0 Å². The van der Waals surface area contributed by atoms with Gasteiger partial charge in [0.25, 0.3) is 0 Å². The summed E-state index contributed by atoms with van der Waals surface area (Å²) in [6.07, 6.45) is 7.73. The van der Waals surface area contributed by atoms with E-state index in [0.29, 0.717) is 23.5 Å². The molecule has 1 aromatic rings. The molecule has 2 nitrogen and oxygen atoms in total. The highest BCUT2D eigenvalue weighted by Gasteiger charge is 2.54. The molecule has 3 aliphatic carbocycles. The Morgan fingerprint density at radius 2 is 1.96 bits per heavy atom. The molecule has 0 heterocycles. The Bertz CT molecular complexity index is 635. The Balaban J connectivity index is 1.69. The lowest BCUT2D eigenvalue weighted by Gasteiger charge is -2.50. The van der Waals surface area contributed by atoms with Crippen molar-refractivity contribution in [3.8, 4) is 5.75 Å². The minimum absolute atomic E-state index is 0.0961. The predicted octanol–water partition coefficient (Wildman–Crippen LogP) is 4.81. The first-order valence-electron chi connectivity index (χ1n) is 9.93. The monoisotopic (exact) mass is 328 g/mol. The van der Waals surface area contributed by atoms with Crippen LogP contribution in [0.5, 0.6) is 5.75 Å². The van der Waals surface area contributed by atoms with E-state index in [1.165, 1.54) is 30.4 Å². The summed E-state index contributed by atoms with van der Waals surface area (Å²) in [6, 6.07) is 4.39. The molecule has 24 heavy (non-hydrogen) atoms. The second-order valence-corrected chi connectivity index (χ2v) is 9.33. The van der Waals surface area contributed by atoms with Crippen molar-refractivity contribution in [2.45, 2.75) is 77.7 Å². The normalized spacial score (nSPS) is 37.9. The minimum atomic E-state index is -0.0961. The molecule has 2 N–H and O–H groups in total. The lowest BCUT2D eigenvalue weighted by molar-refractivity contribution is -0.0226. The number of aromatic hydroxyl groups is 1. The minimum Gasteiger partial charge on any atom is -0.508 e. The SMILES string of the molecule is CC(C)Cc1cc2c(cc1O)CCC1C2CC[C@@]2(C)C1CC[C@@H]2O. The van der Waals surface area contributed by atoms with Crippen molar-refractivity contribution in [2.75, 3.05) is 0 Å². The Kier molecular flexibility index (Phi) is 3.95. The van der Waals surface area contributed by atoms with E-state index >= 15 is 0 Å². The Hall–Kier alpha value is -1.02. The van der Waals surface area contributed by atoms with Gasteiger partial charge >= 0.3 is 0 Å². The van der Waals surface area contributed by atoms with Gasteiger partial charge in [-0.15, -0.1) is 0 Å². The molecule has 0 radical (unpaired) electrons. The highest BCUT2D eigenvalue weighted by molar-refractivity contribution is 5.45. The van der Waals surface area contributed by atoms with Gasteiger partial charge in [-0.2, -0.15) is 0 Å². The van der Waals surface area contributed by atoms with E-state index in [0.717, 1.165) is 37.2 Å². The lowest BCUT2D eigenvalue weighted by atomic mass is 9.55. The summed E-state index contributed by atoms with van der Waals surface area (Å²) < 4.78 is 0. The van der Waals surface area contributed by atoms with Gasteiger partial charge in [-0.25, -0.2) is 0 Å². The molecule has 3 unspecified atom stereocenters. The average Bonchev–Trinajstić information content (AvgIpc) is 2.83. The maximum atomic E-state index is 10.5. The summed E-state index contributed by atoms with van der Waals surface area (Å²) in [5.41, 5.74) is 4.17. The van der Waals surface area contributed by atoms with Gasteiger partial charge in [0, 0.05) is 0 Å². The zero-order chi connectivity index (χ0) is 17.1. The molecule has 2 heteroatoms. The number of hydrogen-bond acceptors (Lipinski definition) is 2. The van der Waals surface area contributed by atoms with Gasteiger partial charge in [0.15, 0.2) is 0 Å². The first-order chi connectivity index (χ1) is 11.4. The molecule has 2 saturated carbocycles. The molecule has 0 bridgehead atoms. The van der Waals surface area contributed by atoms with Crippen LogP contribution in [0.25, 0.3) is 0 Å². The van der Waals surface area contributed by atoms with E-state index in [1.54, 1.807) is 0 Å². The van der Waals surface area contributed by atoms with Crippen LogP contribution in [0.4, 0.5) is 0 Å². The van der Waals surface area contributed by atoms with E-state index in [9.17, 15) is 10.2 Å². The molecule has 5 atom stereocenters. The summed E-state index contributed by atoms with van der Waals surface area (Å²) in [7, 11) is 0. The molecule has 3 aliphatic rings. The van der Waals surface area contributed by atoms with E-state index in [4.69, 9.17) is 0 Å². The van der Waals surface area contributed by atoms with Gasteiger partial charge in [0.2, 0.25) is 0 Å². The third kappa shape index (κ3) is 2.41. The van der Waals surface area contributed by atoms with Crippen molar-refractivity contribution >= 4 is 0 Å². The Morgan fingerprint density at radius 3 is 2.71 bits per heavy atom. The maximum absolute atomic E-state index is 10.5. The first kappa shape index (κ1) is 16.4. The third-order valence-electron chi connectivity index (χ3n) is 7.50. The number of aliphatic hydroxyl groups excluding tert-OH is 1. The van der Waals surface area contributed by atoms with Gasteiger partial charge in [-0.3, -0.25) is 0 Å². The second-order valence-electron chi connectivity index (χ2n) is 9.33. The van der Waals surface area contributed by atoms with Crippen molar-refractivity contribution in [2.24, 2.45) is 23.2 Å². The van der Waals surface area contributed by atoms with Crippen LogP contribution in [0.1, 0.15) is 75.5 Å². The predicted molar refractivity (Wildman–Crippen MR) is 97.3 cm³/mol.